The van der Waals surface area contributed by atoms with Crippen LogP contribution >= 0.6 is 0 Å². The number of carbonyl (C=O) groups excluding carboxylic acids is 1. The Bertz CT molecular complexity index is 473. The molecule has 0 bridgehead atoms. The Hall–Kier alpha value is -1.77. The summed E-state index contributed by atoms with van der Waals surface area (Å²) in [4.78, 5) is 14.4. The fourth-order valence-corrected chi connectivity index (χ4v) is 2.46. The van der Waals surface area contributed by atoms with E-state index in [1.807, 2.05) is 30.5 Å². The zero-order valence-corrected chi connectivity index (χ0v) is 9.78. The zero-order valence-electron chi connectivity index (χ0n) is 9.78. The van der Waals surface area contributed by atoms with E-state index in [0.717, 1.165) is 24.3 Å². The fraction of sp³-hybridized carbons (Fsp3) is 0.357. The van der Waals surface area contributed by atoms with Crippen molar-refractivity contribution in [3.8, 4) is 0 Å². The molecule has 0 radical (unpaired) electrons. The molecule has 0 spiro atoms. The summed E-state index contributed by atoms with van der Waals surface area (Å²) in [6.07, 6.45) is 5.75. The first-order valence-electron chi connectivity index (χ1n) is 6.21. The lowest BCUT2D eigenvalue weighted by atomic mass is 10.1. The van der Waals surface area contributed by atoms with E-state index in [2.05, 4.69) is 10.2 Å². The second kappa shape index (κ2) is 4.24. The van der Waals surface area contributed by atoms with Gasteiger partial charge in [-0.2, -0.15) is 0 Å². The first-order valence-corrected chi connectivity index (χ1v) is 6.21. The average Bonchev–Trinajstić information content (AvgIpc) is 2.68. The number of fused-ring (bicyclic) bond motifs is 1. The fourth-order valence-electron chi connectivity index (χ4n) is 2.46. The van der Waals surface area contributed by atoms with E-state index in [0.29, 0.717) is 5.70 Å². The third kappa shape index (κ3) is 1.93. The third-order valence-corrected chi connectivity index (χ3v) is 3.39. The van der Waals surface area contributed by atoms with Gasteiger partial charge in [-0.25, -0.2) is 0 Å². The van der Waals surface area contributed by atoms with Gasteiger partial charge in [0.25, 0.3) is 0 Å². The molecule has 1 aromatic rings. The predicted molar refractivity (Wildman–Crippen MR) is 67.9 cm³/mol. The highest BCUT2D eigenvalue weighted by Gasteiger charge is 2.24. The van der Waals surface area contributed by atoms with Crippen LogP contribution in [0.25, 0.3) is 0 Å². The molecule has 88 valence electrons. The molecule has 0 amide bonds. The van der Waals surface area contributed by atoms with Gasteiger partial charge in [0.1, 0.15) is 5.70 Å². The summed E-state index contributed by atoms with van der Waals surface area (Å²) in [7, 11) is 0. The Morgan fingerprint density at radius 3 is 2.65 bits per heavy atom. The zero-order chi connectivity index (χ0) is 11.7. The highest BCUT2D eigenvalue weighted by atomic mass is 16.1. The van der Waals surface area contributed by atoms with Crippen molar-refractivity contribution in [1.82, 2.24) is 4.90 Å². The largest absolute Gasteiger partial charge is 0.376 e. The SMILES string of the molecule is O=C1/C(=C\N2CCCCC2)Nc2ccccc21. The molecular weight excluding hydrogens is 212 g/mol. The number of allylic oxidation sites excluding steroid dienone is 1. The number of hydrogen-bond acceptors (Lipinski definition) is 3. The predicted octanol–water partition coefficient (Wildman–Crippen LogP) is 2.62. The number of benzene rings is 1. The third-order valence-electron chi connectivity index (χ3n) is 3.39. The number of rotatable bonds is 1. The summed E-state index contributed by atoms with van der Waals surface area (Å²) >= 11 is 0. The molecule has 1 saturated heterocycles. The molecule has 1 aromatic carbocycles. The molecule has 0 saturated carbocycles. The first kappa shape index (κ1) is 10.4. The van der Waals surface area contributed by atoms with E-state index in [1.165, 1.54) is 19.3 Å². The van der Waals surface area contributed by atoms with Crippen LogP contribution in [0, 0.1) is 0 Å². The Morgan fingerprint density at radius 2 is 1.88 bits per heavy atom. The summed E-state index contributed by atoms with van der Waals surface area (Å²) in [5.41, 5.74) is 2.43. The smallest absolute Gasteiger partial charge is 0.212 e. The van der Waals surface area contributed by atoms with Gasteiger partial charge in [0, 0.05) is 30.5 Å². The van der Waals surface area contributed by atoms with Gasteiger partial charge in [-0.1, -0.05) is 12.1 Å². The van der Waals surface area contributed by atoms with Crippen LogP contribution < -0.4 is 5.32 Å². The van der Waals surface area contributed by atoms with Crippen molar-refractivity contribution in [2.24, 2.45) is 0 Å². The maximum Gasteiger partial charge on any atom is 0.212 e. The molecule has 2 aliphatic heterocycles. The lowest BCUT2D eigenvalue weighted by molar-refractivity contribution is 0.103. The van der Waals surface area contributed by atoms with E-state index in [-0.39, 0.29) is 5.78 Å². The van der Waals surface area contributed by atoms with Crippen LogP contribution in [0.1, 0.15) is 29.6 Å². The normalized spacial score (nSPS) is 21.5. The minimum Gasteiger partial charge on any atom is -0.376 e. The van der Waals surface area contributed by atoms with Crippen LogP contribution in [-0.4, -0.2) is 23.8 Å². The topological polar surface area (TPSA) is 32.3 Å². The van der Waals surface area contributed by atoms with Gasteiger partial charge in [0.15, 0.2) is 0 Å². The quantitative estimate of drug-likeness (QED) is 0.750. The van der Waals surface area contributed by atoms with Crippen molar-refractivity contribution in [2.45, 2.75) is 19.3 Å². The maximum atomic E-state index is 12.1. The van der Waals surface area contributed by atoms with Crippen LogP contribution in [-0.2, 0) is 0 Å². The molecule has 0 atom stereocenters. The molecule has 2 aliphatic rings. The highest BCUT2D eigenvalue weighted by molar-refractivity contribution is 6.18. The standard InChI is InChI=1S/C14H16N2O/c17-14-11-6-2-3-7-12(11)15-13(14)10-16-8-4-1-5-9-16/h2-3,6-7,10,15H,1,4-5,8-9H2/b13-10+. The van der Waals surface area contributed by atoms with E-state index in [1.54, 1.807) is 0 Å². The van der Waals surface area contributed by atoms with Crippen LogP contribution in [0.2, 0.25) is 0 Å². The van der Waals surface area contributed by atoms with Gasteiger partial charge in [0.2, 0.25) is 5.78 Å². The Labute approximate surface area is 101 Å². The number of piperidine rings is 1. The Morgan fingerprint density at radius 1 is 1.12 bits per heavy atom. The molecule has 3 heteroatoms. The summed E-state index contributed by atoms with van der Waals surface area (Å²) < 4.78 is 0. The van der Waals surface area contributed by atoms with Crippen molar-refractivity contribution in [3.05, 3.63) is 41.7 Å². The van der Waals surface area contributed by atoms with Crippen LogP contribution in [0.4, 0.5) is 5.69 Å². The lowest BCUT2D eigenvalue weighted by Gasteiger charge is -2.25. The number of carbonyl (C=O) groups is 1. The first-order chi connectivity index (χ1) is 8.34. The Kier molecular flexibility index (Phi) is 2.59. The van der Waals surface area contributed by atoms with E-state index in [4.69, 9.17) is 0 Å². The van der Waals surface area contributed by atoms with Crippen molar-refractivity contribution >= 4 is 11.5 Å². The van der Waals surface area contributed by atoms with Crippen molar-refractivity contribution in [3.63, 3.8) is 0 Å². The van der Waals surface area contributed by atoms with E-state index < -0.39 is 0 Å². The van der Waals surface area contributed by atoms with E-state index in [9.17, 15) is 4.79 Å². The molecule has 0 aliphatic carbocycles. The molecule has 17 heavy (non-hydrogen) atoms. The molecule has 2 heterocycles. The van der Waals surface area contributed by atoms with Gasteiger partial charge < -0.3 is 10.2 Å². The number of likely N-dealkylation sites (tertiary alicyclic amines) is 1. The van der Waals surface area contributed by atoms with Crippen molar-refractivity contribution in [2.75, 3.05) is 18.4 Å². The van der Waals surface area contributed by atoms with Gasteiger partial charge in [-0.05, 0) is 31.4 Å². The molecule has 0 aromatic heterocycles. The van der Waals surface area contributed by atoms with E-state index >= 15 is 0 Å². The molecule has 3 nitrogen and oxygen atoms in total. The molecule has 1 fully saturated rings. The van der Waals surface area contributed by atoms with Crippen LogP contribution in [0.5, 0.6) is 0 Å². The Balaban J connectivity index is 1.83. The van der Waals surface area contributed by atoms with Crippen molar-refractivity contribution < 1.29 is 4.79 Å². The number of nitrogens with one attached hydrogen (secondary N) is 1. The van der Waals surface area contributed by atoms with Gasteiger partial charge >= 0.3 is 0 Å². The number of para-hydroxylation sites is 1. The summed E-state index contributed by atoms with van der Waals surface area (Å²) in [5.74, 6) is 0.117. The average molecular weight is 228 g/mol. The molecule has 3 rings (SSSR count). The number of nitrogens with zero attached hydrogens (tertiary/aromatic N) is 1. The number of Topliss-reactive ketones (excluding diaryl/α,β-unsaturated/α-hetero) is 1. The van der Waals surface area contributed by atoms with Crippen LogP contribution in [0.15, 0.2) is 36.2 Å². The molecule has 0 unspecified atom stereocenters. The molecular formula is C14H16N2O. The second-order valence-corrected chi connectivity index (χ2v) is 4.64. The summed E-state index contributed by atoms with van der Waals surface area (Å²) in [5, 5.41) is 3.20. The molecule has 1 N–H and O–H groups in total. The van der Waals surface area contributed by atoms with Gasteiger partial charge in [-0.3, -0.25) is 4.79 Å². The highest BCUT2D eigenvalue weighted by Crippen LogP contribution is 2.27. The summed E-state index contributed by atoms with van der Waals surface area (Å²) in [6, 6.07) is 7.68. The number of anilines is 1. The monoisotopic (exact) mass is 228 g/mol. The minimum atomic E-state index is 0.117. The minimum absolute atomic E-state index is 0.117. The van der Waals surface area contributed by atoms with Crippen LogP contribution in [0.3, 0.4) is 0 Å². The number of ketones is 1. The lowest BCUT2D eigenvalue weighted by Crippen LogP contribution is -2.25. The second-order valence-electron chi connectivity index (χ2n) is 4.64. The maximum absolute atomic E-state index is 12.1. The van der Waals surface area contributed by atoms with Crippen molar-refractivity contribution in [1.29, 1.82) is 0 Å². The van der Waals surface area contributed by atoms with Gasteiger partial charge in [-0.15, -0.1) is 0 Å². The number of hydrogen-bond donors (Lipinski definition) is 1. The van der Waals surface area contributed by atoms with Gasteiger partial charge in [0.05, 0.1) is 0 Å². The summed E-state index contributed by atoms with van der Waals surface area (Å²) in [6.45, 7) is 2.13.